The third-order valence-corrected chi connectivity index (χ3v) is 2.22. The summed E-state index contributed by atoms with van der Waals surface area (Å²) in [6, 6.07) is 5.63. The highest BCUT2D eigenvalue weighted by Crippen LogP contribution is 2.25. The van der Waals surface area contributed by atoms with E-state index in [1.807, 2.05) is 0 Å². The number of para-hydroxylation sites is 1. The summed E-state index contributed by atoms with van der Waals surface area (Å²) in [6.07, 6.45) is -4.86. The van der Waals surface area contributed by atoms with Crippen molar-refractivity contribution < 1.29 is 27.4 Å². The molecule has 7 heteroatoms. The predicted molar refractivity (Wildman–Crippen MR) is 66.1 cm³/mol. The maximum atomic E-state index is 12.2. The van der Waals surface area contributed by atoms with Gasteiger partial charge in [-0.25, -0.2) is 0 Å². The lowest BCUT2D eigenvalue weighted by molar-refractivity contribution is -0.274. The van der Waals surface area contributed by atoms with E-state index in [1.54, 1.807) is 19.9 Å². The van der Waals surface area contributed by atoms with Crippen LogP contribution < -0.4 is 10.1 Å². The largest absolute Gasteiger partial charge is 0.573 e. The molecule has 1 N–H and O–H groups in total. The molecule has 1 aromatic carbocycles. The maximum absolute atomic E-state index is 12.2. The van der Waals surface area contributed by atoms with E-state index in [0.717, 1.165) is 0 Å². The Morgan fingerprint density at radius 1 is 1.30 bits per heavy atom. The average Bonchev–Trinajstić information content (AvgIpc) is 2.33. The van der Waals surface area contributed by atoms with Gasteiger partial charge in [-0.2, -0.15) is 0 Å². The topological polar surface area (TPSA) is 47.6 Å². The first kappa shape index (κ1) is 16.3. The van der Waals surface area contributed by atoms with Crippen molar-refractivity contribution in [2.24, 2.45) is 0 Å². The number of hydrogen-bond acceptors (Lipinski definition) is 3. The quantitative estimate of drug-likeness (QED) is 0.876. The highest BCUT2D eigenvalue weighted by Gasteiger charge is 2.31. The van der Waals surface area contributed by atoms with Gasteiger partial charge in [-0.3, -0.25) is 4.79 Å². The van der Waals surface area contributed by atoms with Crippen molar-refractivity contribution in [3.8, 4) is 5.75 Å². The van der Waals surface area contributed by atoms with Gasteiger partial charge in [-0.15, -0.1) is 13.2 Å². The van der Waals surface area contributed by atoms with Gasteiger partial charge >= 0.3 is 6.36 Å². The van der Waals surface area contributed by atoms with Crippen molar-refractivity contribution in [2.75, 3.05) is 6.61 Å². The third-order valence-electron chi connectivity index (χ3n) is 2.22. The van der Waals surface area contributed by atoms with Crippen LogP contribution in [0.4, 0.5) is 13.2 Å². The molecule has 0 atom stereocenters. The fourth-order valence-corrected chi connectivity index (χ4v) is 1.36. The van der Waals surface area contributed by atoms with Crippen LogP contribution in [-0.2, 0) is 16.1 Å². The minimum absolute atomic E-state index is 0.0630. The second-order valence-corrected chi connectivity index (χ2v) is 4.29. The Bertz CT molecular complexity index is 447. The molecular weight excluding hydrogens is 275 g/mol. The molecule has 1 amide bonds. The zero-order valence-electron chi connectivity index (χ0n) is 11.2. The summed E-state index contributed by atoms with van der Waals surface area (Å²) in [4.78, 5) is 11.4. The van der Waals surface area contributed by atoms with Crippen LogP contribution >= 0.6 is 0 Å². The van der Waals surface area contributed by atoms with E-state index in [-0.39, 0.29) is 30.6 Å². The molecule has 0 radical (unpaired) electrons. The molecule has 0 spiro atoms. The van der Waals surface area contributed by atoms with Gasteiger partial charge < -0.3 is 14.8 Å². The minimum atomic E-state index is -4.76. The minimum Gasteiger partial charge on any atom is -0.405 e. The molecule has 0 aromatic heterocycles. The smallest absolute Gasteiger partial charge is 0.405 e. The number of hydrogen-bond donors (Lipinski definition) is 1. The van der Waals surface area contributed by atoms with Crippen LogP contribution in [0.5, 0.6) is 5.75 Å². The van der Waals surface area contributed by atoms with E-state index in [2.05, 4.69) is 10.1 Å². The van der Waals surface area contributed by atoms with Crippen LogP contribution in [0.1, 0.15) is 19.4 Å². The maximum Gasteiger partial charge on any atom is 0.573 e. The molecule has 0 aliphatic carbocycles. The van der Waals surface area contributed by atoms with E-state index in [0.29, 0.717) is 0 Å². The van der Waals surface area contributed by atoms with Crippen LogP contribution in [0.3, 0.4) is 0 Å². The van der Waals surface area contributed by atoms with Crippen molar-refractivity contribution in [1.82, 2.24) is 5.32 Å². The van der Waals surface area contributed by atoms with Gasteiger partial charge in [0.2, 0.25) is 5.91 Å². The Morgan fingerprint density at radius 2 is 1.95 bits per heavy atom. The van der Waals surface area contributed by atoms with Crippen molar-refractivity contribution in [2.45, 2.75) is 32.9 Å². The first-order chi connectivity index (χ1) is 9.28. The molecule has 0 unspecified atom stereocenters. The van der Waals surface area contributed by atoms with Gasteiger partial charge in [0.25, 0.3) is 0 Å². The normalized spacial score (nSPS) is 11.5. The second kappa shape index (κ2) is 7.14. The molecule has 0 saturated heterocycles. The first-order valence-electron chi connectivity index (χ1n) is 6.00. The third kappa shape index (κ3) is 6.42. The molecule has 0 aliphatic rings. The molecule has 112 valence electrons. The van der Waals surface area contributed by atoms with Crippen molar-refractivity contribution in [3.63, 3.8) is 0 Å². The molecule has 0 aliphatic heterocycles. The summed E-state index contributed by atoms with van der Waals surface area (Å²) in [5, 5.41) is 2.47. The Labute approximate surface area is 114 Å². The molecule has 0 saturated carbocycles. The van der Waals surface area contributed by atoms with E-state index >= 15 is 0 Å². The van der Waals surface area contributed by atoms with Crippen molar-refractivity contribution in [3.05, 3.63) is 29.8 Å². The number of benzene rings is 1. The molecule has 1 aromatic rings. The Hall–Kier alpha value is -1.76. The number of carbonyl (C=O) groups is 1. The van der Waals surface area contributed by atoms with Gasteiger partial charge in [0.05, 0.1) is 6.10 Å². The van der Waals surface area contributed by atoms with E-state index in [1.165, 1.54) is 18.2 Å². The number of amides is 1. The average molecular weight is 291 g/mol. The SMILES string of the molecule is CC(C)OCC(=O)NCc1ccccc1OC(F)(F)F. The monoisotopic (exact) mass is 291 g/mol. The van der Waals surface area contributed by atoms with Crippen LogP contribution in [0.2, 0.25) is 0 Å². The summed E-state index contributed by atoms with van der Waals surface area (Å²) >= 11 is 0. The molecule has 20 heavy (non-hydrogen) atoms. The highest BCUT2D eigenvalue weighted by molar-refractivity contribution is 5.77. The van der Waals surface area contributed by atoms with Gasteiger partial charge in [0.1, 0.15) is 12.4 Å². The number of rotatable bonds is 6. The predicted octanol–water partition coefficient (Wildman–Crippen LogP) is 2.63. The van der Waals surface area contributed by atoms with Crippen molar-refractivity contribution in [1.29, 1.82) is 0 Å². The first-order valence-corrected chi connectivity index (χ1v) is 6.00. The zero-order valence-corrected chi connectivity index (χ0v) is 11.2. The summed E-state index contributed by atoms with van der Waals surface area (Å²) in [6.45, 7) is 3.35. The van der Waals surface area contributed by atoms with Crippen LogP contribution in [0.15, 0.2) is 24.3 Å². The summed E-state index contributed by atoms with van der Waals surface area (Å²) in [5.41, 5.74) is 0.239. The summed E-state index contributed by atoms with van der Waals surface area (Å²) in [5.74, 6) is -0.731. The van der Waals surface area contributed by atoms with Gasteiger partial charge in [-0.1, -0.05) is 18.2 Å². The number of alkyl halides is 3. The fourth-order valence-electron chi connectivity index (χ4n) is 1.36. The number of nitrogens with one attached hydrogen (secondary N) is 1. The van der Waals surface area contributed by atoms with E-state index in [9.17, 15) is 18.0 Å². The Morgan fingerprint density at radius 3 is 2.55 bits per heavy atom. The molecular formula is C13H16F3NO3. The molecule has 0 heterocycles. The Kier molecular flexibility index (Phi) is 5.82. The van der Waals surface area contributed by atoms with Crippen LogP contribution in [0.25, 0.3) is 0 Å². The summed E-state index contributed by atoms with van der Waals surface area (Å²) in [7, 11) is 0. The number of carbonyl (C=O) groups excluding carboxylic acids is 1. The van der Waals surface area contributed by atoms with Gasteiger partial charge in [-0.05, 0) is 19.9 Å². The lowest BCUT2D eigenvalue weighted by Gasteiger charge is -2.14. The molecule has 0 bridgehead atoms. The Balaban J connectivity index is 2.57. The van der Waals surface area contributed by atoms with Gasteiger partial charge in [0.15, 0.2) is 0 Å². The fraction of sp³-hybridized carbons (Fsp3) is 0.462. The zero-order chi connectivity index (χ0) is 15.2. The van der Waals surface area contributed by atoms with E-state index in [4.69, 9.17) is 4.74 Å². The lowest BCUT2D eigenvalue weighted by Crippen LogP contribution is -2.29. The summed E-state index contributed by atoms with van der Waals surface area (Å²) < 4.78 is 45.6. The second-order valence-electron chi connectivity index (χ2n) is 4.29. The van der Waals surface area contributed by atoms with Gasteiger partial charge in [0, 0.05) is 12.1 Å². The molecule has 4 nitrogen and oxygen atoms in total. The number of ether oxygens (including phenoxy) is 2. The number of halogens is 3. The van der Waals surface area contributed by atoms with Crippen LogP contribution in [0, 0.1) is 0 Å². The van der Waals surface area contributed by atoms with Crippen molar-refractivity contribution >= 4 is 5.91 Å². The highest BCUT2D eigenvalue weighted by atomic mass is 19.4. The lowest BCUT2D eigenvalue weighted by atomic mass is 10.2. The standard InChI is InChI=1S/C13H16F3NO3/c1-9(2)19-8-12(18)17-7-10-5-3-4-6-11(10)20-13(14,15)16/h3-6,9H,7-8H2,1-2H3,(H,17,18). The van der Waals surface area contributed by atoms with E-state index < -0.39 is 12.3 Å². The molecule has 1 rings (SSSR count). The molecule has 0 fully saturated rings. The van der Waals surface area contributed by atoms with Crippen LogP contribution in [-0.4, -0.2) is 25.0 Å².